The number of para-hydroxylation sites is 1. The number of amides is 1. The summed E-state index contributed by atoms with van der Waals surface area (Å²) in [5.41, 5.74) is 10.5. The first-order chi connectivity index (χ1) is 16.0. The van der Waals surface area contributed by atoms with E-state index < -0.39 is 0 Å². The van der Waals surface area contributed by atoms with Gasteiger partial charge in [-0.05, 0) is 74.7 Å². The molecule has 0 spiro atoms. The zero-order chi connectivity index (χ0) is 23.1. The van der Waals surface area contributed by atoms with Crippen molar-refractivity contribution in [3.8, 4) is 5.69 Å². The maximum absolute atomic E-state index is 13.3. The first-order valence-corrected chi connectivity index (χ1v) is 11.4. The lowest BCUT2D eigenvalue weighted by molar-refractivity contribution is -0.120. The van der Waals surface area contributed by atoms with Gasteiger partial charge in [-0.25, -0.2) is 15.2 Å². The molecule has 1 saturated heterocycles. The Morgan fingerprint density at radius 2 is 1.70 bits per heavy atom. The smallest absolute Gasteiger partial charge is 0.338 e. The molecule has 0 bridgehead atoms. The molecule has 3 heterocycles. The number of hydrazine groups is 1. The molecule has 7 nitrogen and oxygen atoms in total. The topological polar surface area (TPSA) is 75.6 Å². The quantitative estimate of drug-likeness (QED) is 0.604. The van der Waals surface area contributed by atoms with Crippen molar-refractivity contribution in [2.45, 2.75) is 39.9 Å². The van der Waals surface area contributed by atoms with Crippen molar-refractivity contribution in [3.63, 3.8) is 0 Å². The van der Waals surface area contributed by atoms with Gasteiger partial charge in [0, 0.05) is 23.6 Å². The van der Waals surface area contributed by atoms with Gasteiger partial charge in [-0.3, -0.25) is 10.1 Å². The Balaban J connectivity index is 1.45. The van der Waals surface area contributed by atoms with Crippen LogP contribution in [0.1, 0.15) is 39.8 Å². The number of hydrogen-bond acceptors (Lipinski definition) is 5. The second-order valence-corrected chi connectivity index (χ2v) is 8.54. The molecule has 33 heavy (non-hydrogen) atoms. The molecule has 2 atom stereocenters. The number of esters is 1. The van der Waals surface area contributed by atoms with Gasteiger partial charge in [-0.15, -0.1) is 0 Å². The van der Waals surface area contributed by atoms with Crippen LogP contribution in [0.15, 0.2) is 54.6 Å². The van der Waals surface area contributed by atoms with Crippen LogP contribution in [-0.2, 0) is 22.5 Å². The van der Waals surface area contributed by atoms with E-state index in [0.29, 0.717) is 25.1 Å². The molecular weight excluding hydrogens is 416 g/mol. The molecule has 2 aliphatic rings. The molecule has 0 aliphatic carbocycles. The number of carbonyl (C=O) groups is 2. The molecule has 2 unspecified atom stereocenters. The SMILES string of the molecule is CCOC(=O)c1ccc(-n2c(C)c3c(c2C)CC2C(=O)N(c4ccccc4)NC2NC3)cc1. The molecule has 2 N–H and O–H groups in total. The lowest BCUT2D eigenvalue weighted by atomic mass is 9.96. The minimum absolute atomic E-state index is 0.0788. The number of rotatable bonds is 4. The number of fused-ring (bicyclic) bond motifs is 2. The molecule has 3 aromatic rings. The van der Waals surface area contributed by atoms with Gasteiger partial charge >= 0.3 is 5.97 Å². The highest BCUT2D eigenvalue weighted by atomic mass is 16.5. The Labute approximate surface area is 193 Å². The Bertz CT molecular complexity index is 1200. The highest BCUT2D eigenvalue weighted by Gasteiger charge is 2.43. The van der Waals surface area contributed by atoms with Crippen molar-refractivity contribution in [2.24, 2.45) is 5.92 Å². The number of hydrogen-bond donors (Lipinski definition) is 2. The van der Waals surface area contributed by atoms with Crippen LogP contribution in [0.3, 0.4) is 0 Å². The predicted octanol–water partition coefficient (Wildman–Crippen LogP) is 3.41. The Kier molecular flexibility index (Phi) is 5.52. The van der Waals surface area contributed by atoms with Crippen LogP contribution < -0.4 is 15.8 Å². The fourth-order valence-electron chi connectivity index (χ4n) is 5.02. The summed E-state index contributed by atoms with van der Waals surface area (Å²) in [4.78, 5) is 25.3. The normalized spacial score (nSPS) is 19.7. The number of nitrogens with zero attached hydrogens (tertiary/aromatic N) is 2. The fraction of sp³-hybridized carbons (Fsp3) is 0.308. The average Bonchev–Trinajstić information content (AvgIpc) is 3.16. The van der Waals surface area contributed by atoms with Crippen LogP contribution in [0.5, 0.6) is 0 Å². The second-order valence-electron chi connectivity index (χ2n) is 8.54. The van der Waals surface area contributed by atoms with Gasteiger partial charge in [0.2, 0.25) is 5.91 Å². The van der Waals surface area contributed by atoms with E-state index >= 15 is 0 Å². The van der Waals surface area contributed by atoms with E-state index in [0.717, 1.165) is 22.8 Å². The Morgan fingerprint density at radius 1 is 1.00 bits per heavy atom. The van der Waals surface area contributed by atoms with Crippen molar-refractivity contribution < 1.29 is 14.3 Å². The van der Waals surface area contributed by atoms with E-state index in [1.54, 1.807) is 24.1 Å². The minimum Gasteiger partial charge on any atom is -0.462 e. The van der Waals surface area contributed by atoms with E-state index in [-0.39, 0.29) is 24.0 Å². The van der Waals surface area contributed by atoms with Crippen molar-refractivity contribution in [2.75, 3.05) is 11.6 Å². The number of anilines is 1. The summed E-state index contributed by atoms with van der Waals surface area (Å²) in [7, 11) is 0. The summed E-state index contributed by atoms with van der Waals surface area (Å²) >= 11 is 0. The number of benzene rings is 2. The Hall–Kier alpha value is -3.42. The van der Waals surface area contributed by atoms with Gasteiger partial charge in [0.15, 0.2) is 0 Å². The summed E-state index contributed by atoms with van der Waals surface area (Å²) in [6.07, 6.45) is 0.559. The van der Waals surface area contributed by atoms with E-state index in [9.17, 15) is 9.59 Å². The van der Waals surface area contributed by atoms with E-state index in [4.69, 9.17) is 4.74 Å². The van der Waals surface area contributed by atoms with Crippen LogP contribution in [0.2, 0.25) is 0 Å². The number of aromatic nitrogens is 1. The van der Waals surface area contributed by atoms with Gasteiger partial charge < -0.3 is 9.30 Å². The van der Waals surface area contributed by atoms with Crippen LogP contribution >= 0.6 is 0 Å². The molecule has 0 saturated carbocycles. The van der Waals surface area contributed by atoms with E-state index in [1.165, 1.54) is 11.1 Å². The highest BCUT2D eigenvalue weighted by Crippen LogP contribution is 2.34. The lowest BCUT2D eigenvalue weighted by Gasteiger charge is -2.18. The number of carbonyl (C=O) groups excluding carboxylic acids is 2. The zero-order valence-corrected chi connectivity index (χ0v) is 19.1. The third-order valence-corrected chi connectivity index (χ3v) is 6.69. The van der Waals surface area contributed by atoms with Crippen molar-refractivity contribution >= 4 is 17.6 Å². The van der Waals surface area contributed by atoms with Crippen LogP contribution in [0.25, 0.3) is 5.69 Å². The minimum atomic E-state index is -0.314. The first-order valence-electron chi connectivity index (χ1n) is 11.4. The molecular formula is C26H28N4O3. The molecule has 7 heteroatoms. The van der Waals surface area contributed by atoms with Crippen molar-refractivity contribution in [1.82, 2.24) is 15.3 Å². The number of ether oxygens (including phenoxy) is 1. The number of nitrogens with one attached hydrogen (secondary N) is 2. The van der Waals surface area contributed by atoms with Crippen LogP contribution in [-0.4, -0.2) is 29.2 Å². The summed E-state index contributed by atoms with van der Waals surface area (Å²) < 4.78 is 7.31. The first kappa shape index (κ1) is 21.4. The molecule has 2 aromatic carbocycles. The standard InChI is InChI=1S/C26H28N4O3/c1-4-33-26(32)18-10-12-19(13-11-18)29-16(2)21-14-22-24(27-15-23(21)17(29)3)28-30(25(22)31)20-8-6-5-7-9-20/h5-13,22,24,27-28H,4,14-15H2,1-3H3. The fourth-order valence-corrected chi connectivity index (χ4v) is 5.02. The zero-order valence-electron chi connectivity index (χ0n) is 19.1. The highest BCUT2D eigenvalue weighted by molar-refractivity contribution is 5.97. The van der Waals surface area contributed by atoms with Gasteiger partial charge in [-0.1, -0.05) is 18.2 Å². The van der Waals surface area contributed by atoms with Gasteiger partial charge in [0.05, 0.1) is 29.9 Å². The van der Waals surface area contributed by atoms with Crippen molar-refractivity contribution in [1.29, 1.82) is 0 Å². The lowest BCUT2D eigenvalue weighted by Crippen LogP contribution is -2.44. The van der Waals surface area contributed by atoms with Crippen LogP contribution in [0, 0.1) is 19.8 Å². The molecule has 170 valence electrons. The summed E-state index contributed by atoms with van der Waals surface area (Å²) in [6, 6.07) is 17.2. The largest absolute Gasteiger partial charge is 0.462 e. The second kappa shape index (κ2) is 8.50. The van der Waals surface area contributed by atoms with Gasteiger partial charge in [0.1, 0.15) is 0 Å². The third kappa shape index (κ3) is 3.63. The molecule has 0 radical (unpaired) electrons. The average molecular weight is 445 g/mol. The van der Waals surface area contributed by atoms with Crippen LogP contribution in [0.4, 0.5) is 5.69 Å². The molecule has 1 aromatic heterocycles. The molecule has 1 amide bonds. The van der Waals surface area contributed by atoms with E-state index in [1.807, 2.05) is 42.5 Å². The summed E-state index contributed by atoms with van der Waals surface area (Å²) in [6.45, 7) is 7.05. The molecule has 2 aliphatic heterocycles. The Morgan fingerprint density at radius 3 is 2.39 bits per heavy atom. The van der Waals surface area contributed by atoms with Gasteiger partial charge in [-0.2, -0.15) is 0 Å². The summed E-state index contributed by atoms with van der Waals surface area (Å²) in [5, 5.41) is 5.22. The maximum Gasteiger partial charge on any atom is 0.338 e. The maximum atomic E-state index is 13.3. The molecule has 1 fully saturated rings. The predicted molar refractivity (Wildman–Crippen MR) is 126 cm³/mol. The monoisotopic (exact) mass is 444 g/mol. The third-order valence-electron chi connectivity index (χ3n) is 6.69. The summed E-state index contributed by atoms with van der Waals surface area (Å²) in [5.74, 6) is -0.423. The van der Waals surface area contributed by atoms with E-state index in [2.05, 4.69) is 29.2 Å². The van der Waals surface area contributed by atoms with Crippen molar-refractivity contribution in [3.05, 3.63) is 82.7 Å². The van der Waals surface area contributed by atoms with Gasteiger partial charge in [0.25, 0.3) is 0 Å². The molecule has 5 rings (SSSR count).